The van der Waals surface area contributed by atoms with Gasteiger partial charge >= 0.3 is 6.18 Å². The van der Waals surface area contributed by atoms with E-state index in [9.17, 15) is 13.2 Å². The fourth-order valence-electron chi connectivity index (χ4n) is 2.81. The van der Waals surface area contributed by atoms with Crippen molar-refractivity contribution in [3.05, 3.63) is 0 Å². The van der Waals surface area contributed by atoms with Crippen molar-refractivity contribution in [3.8, 4) is 0 Å². The van der Waals surface area contributed by atoms with E-state index in [0.717, 1.165) is 25.9 Å². The van der Waals surface area contributed by atoms with Gasteiger partial charge in [0.05, 0.1) is 0 Å². The van der Waals surface area contributed by atoms with Gasteiger partial charge < -0.3 is 10.1 Å². The minimum atomic E-state index is -4.27. The molecule has 1 N–H and O–H groups in total. The molecular weight excluding hydrogens is 233 g/mol. The lowest BCUT2D eigenvalue weighted by Crippen LogP contribution is -2.51. The molecule has 3 nitrogen and oxygen atoms in total. The van der Waals surface area contributed by atoms with Crippen molar-refractivity contribution < 1.29 is 17.9 Å². The van der Waals surface area contributed by atoms with E-state index in [1.54, 1.807) is 0 Å². The number of hydrogen-bond acceptors (Lipinski definition) is 3. The maximum Gasteiger partial charge on any atom is 0.418 e. The SMILES string of the molecule is CO[C@@]1(C(F)(F)F)CCN(C2CCNCC2)C1. The third-order valence-corrected chi connectivity index (χ3v) is 3.99. The summed E-state index contributed by atoms with van der Waals surface area (Å²) in [5.74, 6) is 0. The van der Waals surface area contributed by atoms with Crippen LogP contribution in [0.1, 0.15) is 19.3 Å². The number of piperidine rings is 1. The van der Waals surface area contributed by atoms with Crippen LogP contribution in [-0.4, -0.2) is 56.0 Å². The Bertz CT molecular complexity index is 266. The molecule has 6 heteroatoms. The zero-order chi connectivity index (χ0) is 12.5. The normalized spacial score (nSPS) is 33.2. The molecule has 0 spiro atoms. The summed E-state index contributed by atoms with van der Waals surface area (Å²) >= 11 is 0. The van der Waals surface area contributed by atoms with Crippen molar-refractivity contribution in [2.45, 2.75) is 37.1 Å². The fraction of sp³-hybridized carbons (Fsp3) is 1.00. The molecule has 0 aromatic rings. The largest absolute Gasteiger partial charge is 0.418 e. The van der Waals surface area contributed by atoms with Gasteiger partial charge in [-0.15, -0.1) is 0 Å². The van der Waals surface area contributed by atoms with Crippen molar-refractivity contribution >= 4 is 0 Å². The Morgan fingerprint density at radius 1 is 1.29 bits per heavy atom. The lowest BCUT2D eigenvalue weighted by Gasteiger charge is -2.34. The van der Waals surface area contributed by atoms with E-state index >= 15 is 0 Å². The summed E-state index contributed by atoms with van der Waals surface area (Å²) < 4.78 is 43.8. The Morgan fingerprint density at radius 3 is 2.41 bits per heavy atom. The van der Waals surface area contributed by atoms with E-state index in [4.69, 9.17) is 4.74 Å². The van der Waals surface area contributed by atoms with Gasteiger partial charge in [-0.2, -0.15) is 13.2 Å². The van der Waals surface area contributed by atoms with E-state index in [1.165, 1.54) is 7.11 Å². The van der Waals surface area contributed by atoms with Gasteiger partial charge in [0.15, 0.2) is 5.60 Å². The van der Waals surface area contributed by atoms with Crippen LogP contribution in [0, 0.1) is 0 Å². The van der Waals surface area contributed by atoms with E-state index in [1.807, 2.05) is 4.90 Å². The molecule has 2 fully saturated rings. The minimum absolute atomic E-state index is 0.0162. The highest BCUT2D eigenvalue weighted by Crippen LogP contribution is 2.41. The summed E-state index contributed by atoms with van der Waals surface area (Å²) in [7, 11) is 1.17. The lowest BCUT2D eigenvalue weighted by molar-refractivity contribution is -0.264. The number of methoxy groups -OCH3 is 1. The summed E-state index contributed by atoms with van der Waals surface area (Å²) in [6.45, 7) is 2.26. The Labute approximate surface area is 99.3 Å². The van der Waals surface area contributed by atoms with Crippen molar-refractivity contribution in [3.63, 3.8) is 0 Å². The second kappa shape index (κ2) is 4.74. The van der Waals surface area contributed by atoms with Crippen LogP contribution in [0.25, 0.3) is 0 Å². The quantitative estimate of drug-likeness (QED) is 0.804. The highest BCUT2D eigenvalue weighted by Gasteiger charge is 2.59. The second-order valence-electron chi connectivity index (χ2n) is 4.90. The molecule has 0 aromatic heterocycles. The fourth-order valence-corrected chi connectivity index (χ4v) is 2.81. The number of likely N-dealkylation sites (tertiary alicyclic amines) is 1. The highest BCUT2D eigenvalue weighted by atomic mass is 19.4. The van der Waals surface area contributed by atoms with Gasteiger partial charge in [0, 0.05) is 26.2 Å². The molecule has 0 bridgehead atoms. The molecule has 17 heavy (non-hydrogen) atoms. The average Bonchev–Trinajstić information content (AvgIpc) is 2.75. The van der Waals surface area contributed by atoms with Crippen molar-refractivity contribution in [1.82, 2.24) is 10.2 Å². The molecule has 0 saturated carbocycles. The first-order valence-electron chi connectivity index (χ1n) is 6.05. The molecule has 0 amide bonds. The molecule has 2 aliphatic heterocycles. The molecule has 2 saturated heterocycles. The van der Waals surface area contributed by atoms with Crippen LogP contribution in [0.2, 0.25) is 0 Å². The van der Waals surface area contributed by atoms with Crippen molar-refractivity contribution in [2.75, 3.05) is 33.3 Å². The van der Waals surface area contributed by atoms with Crippen LogP contribution in [0.3, 0.4) is 0 Å². The van der Waals surface area contributed by atoms with Crippen LogP contribution < -0.4 is 5.32 Å². The molecule has 2 heterocycles. The molecule has 2 rings (SSSR count). The molecule has 0 unspecified atom stereocenters. The Balaban J connectivity index is 2.02. The number of ether oxygens (including phenoxy) is 1. The van der Waals surface area contributed by atoms with E-state index < -0.39 is 11.8 Å². The lowest BCUT2D eigenvalue weighted by atomic mass is 10.0. The maximum atomic E-state index is 13.0. The molecule has 0 aromatic carbocycles. The second-order valence-corrected chi connectivity index (χ2v) is 4.90. The smallest absolute Gasteiger partial charge is 0.367 e. The number of rotatable bonds is 2. The van der Waals surface area contributed by atoms with Gasteiger partial charge in [-0.05, 0) is 32.4 Å². The maximum absolute atomic E-state index is 13.0. The van der Waals surface area contributed by atoms with Gasteiger partial charge in [-0.3, -0.25) is 4.90 Å². The monoisotopic (exact) mass is 252 g/mol. The summed E-state index contributed by atoms with van der Waals surface area (Å²) in [5, 5.41) is 3.22. The molecule has 2 aliphatic rings. The zero-order valence-electron chi connectivity index (χ0n) is 10.0. The Kier molecular flexibility index (Phi) is 3.66. The van der Waals surface area contributed by atoms with Gasteiger partial charge in [-0.1, -0.05) is 0 Å². The van der Waals surface area contributed by atoms with E-state index in [2.05, 4.69) is 5.32 Å². The number of halogens is 3. The van der Waals surface area contributed by atoms with E-state index in [-0.39, 0.29) is 19.0 Å². The molecule has 100 valence electrons. The predicted molar refractivity (Wildman–Crippen MR) is 57.9 cm³/mol. The standard InChI is InChI=1S/C11H19F3N2O/c1-17-10(11(12,13)14)4-7-16(8-10)9-2-5-15-6-3-9/h9,15H,2-8H2,1H3/t10-/m0/s1. The first-order valence-corrected chi connectivity index (χ1v) is 6.05. The van der Waals surface area contributed by atoms with Crippen LogP contribution in [0.4, 0.5) is 13.2 Å². The number of alkyl halides is 3. The summed E-state index contributed by atoms with van der Waals surface area (Å²) in [5.41, 5.74) is -1.95. The third kappa shape index (κ3) is 2.44. The number of hydrogen-bond donors (Lipinski definition) is 1. The predicted octanol–water partition coefficient (Wildman–Crippen LogP) is 1.39. The molecular formula is C11H19F3N2O. The van der Waals surface area contributed by atoms with Crippen molar-refractivity contribution in [2.24, 2.45) is 0 Å². The summed E-state index contributed by atoms with van der Waals surface area (Å²) in [4.78, 5) is 1.94. The summed E-state index contributed by atoms with van der Waals surface area (Å²) in [6, 6.07) is 0.274. The first kappa shape index (κ1) is 13.1. The Morgan fingerprint density at radius 2 is 1.94 bits per heavy atom. The van der Waals surface area contributed by atoms with Gasteiger partial charge in [-0.25, -0.2) is 0 Å². The highest BCUT2D eigenvalue weighted by molar-refractivity contribution is 4.99. The Hall–Kier alpha value is -0.330. The van der Waals surface area contributed by atoms with Crippen molar-refractivity contribution in [1.29, 1.82) is 0 Å². The number of nitrogens with one attached hydrogen (secondary N) is 1. The van der Waals surface area contributed by atoms with E-state index in [0.29, 0.717) is 6.54 Å². The third-order valence-electron chi connectivity index (χ3n) is 3.99. The minimum Gasteiger partial charge on any atom is -0.367 e. The average molecular weight is 252 g/mol. The first-order chi connectivity index (χ1) is 7.98. The van der Waals surface area contributed by atoms with Gasteiger partial charge in [0.1, 0.15) is 0 Å². The van der Waals surface area contributed by atoms with Gasteiger partial charge in [0.2, 0.25) is 0 Å². The summed E-state index contributed by atoms with van der Waals surface area (Å²) in [6.07, 6.45) is -2.37. The van der Waals surface area contributed by atoms with Crippen LogP contribution >= 0.6 is 0 Å². The van der Waals surface area contributed by atoms with Crippen LogP contribution in [-0.2, 0) is 4.74 Å². The number of nitrogens with zero attached hydrogens (tertiary/aromatic N) is 1. The zero-order valence-corrected chi connectivity index (χ0v) is 10.0. The van der Waals surface area contributed by atoms with Crippen LogP contribution in [0.5, 0.6) is 0 Å². The topological polar surface area (TPSA) is 24.5 Å². The molecule has 0 aliphatic carbocycles. The van der Waals surface area contributed by atoms with Gasteiger partial charge in [0.25, 0.3) is 0 Å². The molecule has 1 atom stereocenters. The van der Waals surface area contributed by atoms with Crippen LogP contribution in [0.15, 0.2) is 0 Å². The molecule has 0 radical (unpaired) electrons.